The lowest BCUT2D eigenvalue weighted by molar-refractivity contribution is 0.249. The van der Waals surface area contributed by atoms with Crippen LogP contribution in [0.2, 0.25) is 0 Å². The molecule has 2 heterocycles. The first-order valence-electron chi connectivity index (χ1n) is 10.1. The van der Waals surface area contributed by atoms with Crippen molar-refractivity contribution >= 4 is 5.96 Å². The van der Waals surface area contributed by atoms with Gasteiger partial charge in [0.2, 0.25) is 0 Å². The van der Waals surface area contributed by atoms with Crippen molar-refractivity contribution in [2.24, 2.45) is 4.99 Å². The molecule has 2 aliphatic rings. The van der Waals surface area contributed by atoms with Gasteiger partial charge in [-0.25, -0.2) is 0 Å². The van der Waals surface area contributed by atoms with E-state index in [2.05, 4.69) is 47.2 Å². The molecule has 0 aromatic heterocycles. The van der Waals surface area contributed by atoms with E-state index in [1.165, 1.54) is 43.5 Å². The van der Waals surface area contributed by atoms with Crippen LogP contribution in [0, 0.1) is 6.92 Å². The van der Waals surface area contributed by atoms with Gasteiger partial charge in [0.15, 0.2) is 5.96 Å². The number of methoxy groups -OCH3 is 1. The van der Waals surface area contributed by atoms with Gasteiger partial charge in [-0.2, -0.15) is 0 Å². The van der Waals surface area contributed by atoms with Gasteiger partial charge in [-0.15, -0.1) is 0 Å². The molecule has 2 saturated heterocycles. The molecule has 5 heteroatoms. The van der Waals surface area contributed by atoms with E-state index in [4.69, 9.17) is 9.73 Å². The van der Waals surface area contributed by atoms with Gasteiger partial charge in [-0.1, -0.05) is 12.1 Å². The van der Waals surface area contributed by atoms with Crippen molar-refractivity contribution < 1.29 is 4.74 Å². The van der Waals surface area contributed by atoms with Crippen molar-refractivity contribution in [1.29, 1.82) is 0 Å². The number of aliphatic imine (C=N–C) groups is 1. The van der Waals surface area contributed by atoms with E-state index < -0.39 is 0 Å². The van der Waals surface area contributed by atoms with E-state index in [0.29, 0.717) is 6.04 Å². The van der Waals surface area contributed by atoms with Crippen molar-refractivity contribution in [3.05, 3.63) is 29.3 Å². The SMILES string of the molecule is CCNC(=NCCc1ccc(C)c(OC)c1)N1CCC(N2CCCC2)C1. The van der Waals surface area contributed by atoms with E-state index in [9.17, 15) is 0 Å². The summed E-state index contributed by atoms with van der Waals surface area (Å²) in [5, 5.41) is 3.49. The number of benzene rings is 1. The molecular weight excluding hydrogens is 324 g/mol. The number of rotatable bonds is 6. The molecule has 2 fully saturated rings. The number of nitrogens with zero attached hydrogens (tertiary/aromatic N) is 3. The van der Waals surface area contributed by atoms with Gasteiger partial charge in [-0.3, -0.25) is 9.89 Å². The number of hydrogen-bond acceptors (Lipinski definition) is 3. The summed E-state index contributed by atoms with van der Waals surface area (Å²) in [4.78, 5) is 10.0. The maximum Gasteiger partial charge on any atom is 0.193 e. The number of nitrogens with one attached hydrogen (secondary N) is 1. The smallest absolute Gasteiger partial charge is 0.193 e. The highest BCUT2D eigenvalue weighted by molar-refractivity contribution is 5.80. The Morgan fingerprint density at radius 1 is 1.27 bits per heavy atom. The second kappa shape index (κ2) is 9.26. The molecule has 0 aliphatic carbocycles. The van der Waals surface area contributed by atoms with Crippen LogP contribution in [0.1, 0.15) is 37.3 Å². The summed E-state index contributed by atoms with van der Waals surface area (Å²) in [6, 6.07) is 7.16. The molecule has 1 aromatic carbocycles. The Balaban J connectivity index is 1.57. The third-order valence-corrected chi connectivity index (χ3v) is 5.59. The first-order chi connectivity index (χ1) is 12.7. The van der Waals surface area contributed by atoms with Gasteiger partial charge in [0, 0.05) is 32.2 Å². The molecule has 0 spiro atoms. The minimum Gasteiger partial charge on any atom is -0.496 e. The Morgan fingerprint density at radius 3 is 2.81 bits per heavy atom. The normalized spacial score (nSPS) is 21.4. The lowest BCUT2D eigenvalue weighted by Crippen LogP contribution is -2.42. The second-order valence-electron chi connectivity index (χ2n) is 7.42. The summed E-state index contributed by atoms with van der Waals surface area (Å²) >= 11 is 0. The van der Waals surface area contributed by atoms with E-state index in [1.807, 2.05) is 0 Å². The second-order valence-corrected chi connectivity index (χ2v) is 7.42. The Bertz CT molecular complexity index is 610. The third kappa shape index (κ3) is 4.70. The highest BCUT2D eigenvalue weighted by Gasteiger charge is 2.30. The van der Waals surface area contributed by atoms with Crippen LogP contribution in [-0.2, 0) is 6.42 Å². The highest BCUT2D eigenvalue weighted by Crippen LogP contribution is 2.21. The van der Waals surface area contributed by atoms with E-state index in [0.717, 1.165) is 44.3 Å². The molecule has 2 aliphatic heterocycles. The first-order valence-corrected chi connectivity index (χ1v) is 10.1. The van der Waals surface area contributed by atoms with Gasteiger partial charge >= 0.3 is 0 Å². The van der Waals surface area contributed by atoms with Crippen LogP contribution >= 0.6 is 0 Å². The summed E-state index contributed by atoms with van der Waals surface area (Å²) in [5.41, 5.74) is 2.46. The maximum atomic E-state index is 5.43. The summed E-state index contributed by atoms with van der Waals surface area (Å²) in [6.45, 7) is 10.7. The van der Waals surface area contributed by atoms with Crippen molar-refractivity contribution in [2.45, 2.75) is 45.6 Å². The zero-order chi connectivity index (χ0) is 18.4. The van der Waals surface area contributed by atoms with Gasteiger partial charge < -0.3 is 15.0 Å². The van der Waals surface area contributed by atoms with Gasteiger partial charge in [0.1, 0.15) is 5.75 Å². The van der Waals surface area contributed by atoms with Crippen LogP contribution in [0.3, 0.4) is 0 Å². The van der Waals surface area contributed by atoms with E-state index >= 15 is 0 Å². The molecule has 1 atom stereocenters. The highest BCUT2D eigenvalue weighted by atomic mass is 16.5. The number of hydrogen-bond donors (Lipinski definition) is 1. The number of guanidine groups is 1. The Kier molecular flexibility index (Phi) is 6.78. The van der Waals surface area contributed by atoms with Crippen molar-refractivity contribution in [1.82, 2.24) is 15.1 Å². The Morgan fingerprint density at radius 2 is 2.08 bits per heavy atom. The minimum atomic E-state index is 0.711. The summed E-state index contributed by atoms with van der Waals surface area (Å²) in [6.07, 6.45) is 4.93. The summed E-state index contributed by atoms with van der Waals surface area (Å²) in [7, 11) is 1.73. The topological polar surface area (TPSA) is 40.1 Å². The molecule has 144 valence electrons. The lowest BCUT2D eigenvalue weighted by atomic mass is 10.1. The molecular formula is C21H34N4O. The fraction of sp³-hybridized carbons (Fsp3) is 0.667. The van der Waals surface area contributed by atoms with E-state index in [-0.39, 0.29) is 0 Å². The quantitative estimate of drug-likeness (QED) is 0.627. The number of likely N-dealkylation sites (tertiary alicyclic amines) is 2. The molecule has 1 N–H and O–H groups in total. The molecule has 1 unspecified atom stereocenters. The number of aryl methyl sites for hydroxylation is 1. The van der Waals surface area contributed by atoms with Gasteiger partial charge in [-0.05, 0) is 69.8 Å². The molecule has 0 saturated carbocycles. The summed E-state index contributed by atoms with van der Waals surface area (Å²) in [5.74, 6) is 2.04. The summed E-state index contributed by atoms with van der Waals surface area (Å²) < 4.78 is 5.43. The fourth-order valence-electron chi connectivity index (χ4n) is 4.08. The van der Waals surface area contributed by atoms with Crippen LogP contribution in [0.4, 0.5) is 0 Å². The van der Waals surface area contributed by atoms with Crippen LogP contribution in [0.15, 0.2) is 23.2 Å². The zero-order valence-corrected chi connectivity index (χ0v) is 16.6. The third-order valence-electron chi connectivity index (χ3n) is 5.59. The van der Waals surface area contributed by atoms with Crippen LogP contribution in [0.25, 0.3) is 0 Å². The van der Waals surface area contributed by atoms with Crippen LogP contribution in [0.5, 0.6) is 5.75 Å². The molecule has 3 rings (SSSR count). The van der Waals surface area contributed by atoms with Crippen molar-refractivity contribution in [3.63, 3.8) is 0 Å². The average molecular weight is 359 g/mol. The lowest BCUT2D eigenvalue weighted by Gasteiger charge is -2.25. The predicted molar refractivity (Wildman–Crippen MR) is 108 cm³/mol. The zero-order valence-electron chi connectivity index (χ0n) is 16.6. The van der Waals surface area contributed by atoms with Crippen molar-refractivity contribution in [3.8, 4) is 5.75 Å². The van der Waals surface area contributed by atoms with Crippen LogP contribution in [-0.4, -0.2) is 68.2 Å². The number of ether oxygens (including phenoxy) is 1. The minimum absolute atomic E-state index is 0.711. The van der Waals surface area contributed by atoms with Crippen molar-refractivity contribution in [2.75, 3.05) is 46.4 Å². The van der Waals surface area contributed by atoms with Gasteiger partial charge in [0.05, 0.1) is 7.11 Å². The Labute approximate surface area is 158 Å². The van der Waals surface area contributed by atoms with E-state index in [1.54, 1.807) is 7.11 Å². The largest absolute Gasteiger partial charge is 0.496 e. The standard InChI is InChI=1S/C21H34N4O/c1-4-22-21(25-14-10-19(16-25)24-12-5-6-13-24)23-11-9-18-8-7-17(2)20(15-18)26-3/h7-8,15,19H,4-6,9-14,16H2,1-3H3,(H,22,23). The molecule has 0 amide bonds. The molecule has 1 aromatic rings. The molecule has 5 nitrogen and oxygen atoms in total. The average Bonchev–Trinajstić information content (AvgIpc) is 3.34. The Hall–Kier alpha value is -1.75. The maximum absolute atomic E-state index is 5.43. The van der Waals surface area contributed by atoms with Crippen LogP contribution < -0.4 is 10.1 Å². The molecule has 0 radical (unpaired) electrons. The molecule has 0 bridgehead atoms. The molecule has 26 heavy (non-hydrogen) atoms. The first kappa shape index (κ1) is 19.0. The monoisotopic (exact) mass is 358 g/mol. The predicted octanol–water partition coefficient (Wildman–Crippen LogP) is 2.68. The van der Waals surface area contributed by atoms with Gasteiger partial charge in [0.25, 0.3) is 0 Å². The fourth-order valence-corrected chi connectivity index (χ4v) is 4.08.